The molecule has 0 amide bonds. The van der Waals surface area contributed by atoms with E-state index < -0.39 is 11.9 Å². The van der Waals surface area contributed by atoms with Crippen LogP contribution in [0.4, 0.5) is 0 Å². The highest BCUT2D eigenvalue weighted by molar-refractivity contribution is 6.07. The molecule has 0 aliphatic heterocycles. The fourth-order valence-corrected chi connectivity index (χ4v) is 2.15. The third-order valence-electron chi connectivity index (χ3n) is 3.12. The number of carboxylic acid groups (broad SMARTS) is 1. The van der Waals surface area contributed by atoms with Crippen LogP contribution in [0.2, 0.25) is 0 Å². The Labute approximate surface area is 116 Å². The predicted molar refractivity (Wildman–Crippen MR) is 74.9 cm³/mol. The van der Waals surface area contributed by atoms with Crippen LogP contribution >= 0.6 is 0 Å². The number of aromatic carboxylic acids is 1. The lowest BCUT2D eigenvalue weighted by Crippen LogP contribution is -2.12. The summed E-state index contributed by atoms with van der Waals surface area (Å²) in [6.45, 7) is 1.91. The van der Waals surface area contributed by atoms with Gasteiger partial charge in [-0.1, -0.05) is 36.4 Å². The van der Waals surface area contributed by atoms with Crippen molar-refractivity contribution in [2.45, 2.75) is 6.92 Å². The summed E-state index contributed by atoms with van der Waals surface area (Å²) in [6.07, 6.45) is 0. The number of esters is 1. The van der Waals surface area contributed by atoms with Gasteiger partial charge in [0.25, 0.3) is 0 Å². The first-order valence-corrected chi connectivity index (χ1v) is 6.07. The van der Waals surface area contributed by atoms with E-state index in [9.17, 15) is 14.7 Å². The van der Waals surface area contributed by atoms with Crippen molar-refractivity contribution in [3.05, 3.63) is 59.2 Å². The molecule has 20 heavy (non-hydrogen) atoms. The fourth-order valence-electron chi connectivity index (χ4n) is 2.15. The third kappa shape index (κ3) is 2.40. The molecule has 0 aliphatic carbocycles. The first-order valence-electron chi connectivity index (χ1n) is 6.07. The number of benzene rings is 2. The van der Waals surface area contributed by atoms with Crippen LogP contribution in [0.3, 0.4) is 0 Å². The number of methoxy groups -OCH3 is 1. The molecule has 0 radical (unpaired) electrons. The molecular weight excluding hydrogens is 256 g/mol. The predicted octanol–water partition coefficient (Wildman–Crippen LogP) is 3.15. The molecule has 0 aromatic heterocycles. The van der Waals surface area contributed by atoms with Crippen molar-refractivity contribution in [1.29, 1.82) is 0 Å². The van der Waals surface area contributed by atoms with Gasteiger partial charge < -0.3 is 9.84 Å². The molecule has 0 saturated carbocycles. The quantitative estimate of drug-likeness (QED) is 0.870. The molecule has 0 bridgehead atoms. The number of ether oxygens (including phenoxy) is 1. The Morgan fingerprint density at radius 1 is 1.00 bits per heavy atom. The van der Waals surface area contributed by atoms with Gasteiger partial charge in [-0.25, -0.2) is 9.59 Å². The largest absolute Gasteiger partial charge is 0.478 e. The number of carboxylic acids is 1. The van der Waals surface area contributed by atoms with Crippen LogP contribution in [0.1, 0.15) is 26.3 Å². The monoisotopic (exact) mass is 270 g/mol. The summed E-state index contributed by atoms with van der Waals surface area (Å²) in [5, 5.41) is 9.24. The number of hydrogen-bond donors (Lipinski definition) is 1. The second-order valence-electron chi connectivity index (χ2n) is 4.34. The molecule has 2 aromatic rings. The molecule has 102 valence electrons. The van der Waals surface area contributed by atoms with E-state index in [1.165, 1.54) is 13.2 Å². The summed E-state index contributed by atoms with van der Waals surface area (Å²) in [6, 6.07) is 12.2. The highest BCUT2D eigenvalue weighted by Gasteiger charge is 2.22. The van der Waals surface area contributed by atoms with Gasteiger partial charge in [0.2, 0.25) is 0 Å². The number of hydrogen-bond acceptors (Lipinski definition) is 3. The SMILES string of the molecule is COC(=O)c1c(C(=O)O)cccc1-c1ccccc1C. The summed E-state index contributed by atoms with van der Waals surface area (Å²) in [7, 11) is 1.24. The van der Waals surface area contributed by atoms with Crippen molar-refractivity contribution < 1.29 is 19.4 Å². The summed E-state index contributed by atoms with van der Waals surface area (Å²) in [5.74, 6) is -1.80. The average Bonchev–Trinajstić information content (AvgIpc) is 2.46. The number of aryl methyl sites for hydroxylation is 1. The molecule has 0 saturated heterocycles. The van der Waals surface area contributed by atoms with Crippen molar-refractivity contribution in [1.82, 2.24) is 0 Å². The molecule has 0 atom stereocenters. The van der Waals surface area contributed by atoms with Crippen molar-refractivity contribution in [2.75, 3.05) is 7.11 Å². The molecular formula is C16H14O4. The summed E-state index contributed by atoms with van der Waals surface area (Å²) in [5.41, 5.74) is 2.36. The Morgan fingerprint density at radius 3 is 2.25 bits per heavy atom. The Hall–Kier alpha value is -2.62. The normalized spacial score (nSPS) is 10.1. The number of carbonyl (C=O) groups is 2. The van der Waals surface area contributed by atoms with Gasteiger partial charge in [-0.05, 0) is 29.7 Å². The Kier molecular flexibility index (Phi) is 3.84. The number of rotatable bonds is 3. The molecule has 0 heterocycles. The van der Waals surface area contributed by atoms with Crippen LogP contribution in [0.25, 0.3) is 11.1 Å². The zero-order valence-corrected chi connectivity index (χ0v) is 11.2. The van der Waals surface area contributed by atoms with E-state index in [2.05, 4.69) is 0 Å². The highest BCUT2D eigenvalue weighted by atomic mass is 16.5. The average molecular weight is 270 g/mol. The standard InChI is InChI=1S/C16H14O4/c1-10-6-3-4-7-11(10)12-8-5-9-13(15(17)18)14(12)16(19)20-2/h3-9H,1-2H3,(H,17,18). The minimum Gasteiger partial charge on any atom is -0.478 e. The lowest BCUT2D eigenvalue weighted by molar-refractivity contribution is 0.0583. The van der Waals surface area contributed by atoms with Crippen molar-refractivity contribution >= 4 is 11.9 Å². The first-order chi connectivity index (χ1) is 9.56. The van der Waals surface area contributed by atoms with Crippen molar-refractivity contribution in [3.8, 4) is 11.1 Å². The van der Waals surface area contributed by atoms with Crippen LogP contribution in [0, 0.1) is 6.92 Å². The maximum Gasteiger partial charge on any atom is 0.339 e. The zero-order chi connectivity index (χ0) is 14.7. The minimum atomic E-state index is -1.15. The minimum absolute atomic E-state index is 0.0578. The Balaban J connectivity index is 2.77. The van der Waals surface area contributed by atoms with Gasteiger partial charge in [0.15, 0.2) is 0 Å². The lowest BCUT2D eigenvalue weighted by Gasteiger charge is -2.12. The topological polar surface area (TPSA) is 63.6 Å². The van der Waals surface area contributed by atoms with Crippen molar-refractivity contribution in [2.24, 2.45) is 0 Å². The maximum atomic E-state index is 12.0. The Morgan fingerprint density at radius 2 is 1.65 bits per heavy atom. The number of carbonyl (C=O) groups excluding carboxylic acids is 1. The van der Waals surface area contributed by atoms with Gasteiger partial charge in [0.05, 0.1) is 18.2 Å². The summed E-state index contributed by atoms with van der Waals surface area (Å²) < 4.78 is 4.73. The molecule has 2 rings (SSSR count). The molecule has 0 spiro atoms. The van der Waals surface area contributed by atoms with E-state index in [1.54, 1.807) is 12.1 Å². The van der Waals surface area contributed by atoms with Crippen LogP contribution in [-0.4, -0.2) is 24.2 Å². The van der Waals surface area contributed by atoms with Crippen LogP contribution in [0.15, 0.2) is 42.5 Å². The molecule has 0 unspecified atom stereocenters. The molecule has 2 aromatic carbocycles. The van der Waals surface area contributed by atoms with E-state index in [1.807, 2.05) is 31.2 Å². The van der Waals surface area contributed by atoms with Crippen LogP contribution in [-0.2, 0) is 4.74 Å². The van der Waals surface area contributed by atoms with Crippen LogP contribution < -0.4 is 0 Å². The summed E-state index contributed by atoms with van der Waals surface area (Å²) in [4.78, 5) is 23.3. The summed E-state index contributed by atoms with van der Waals surface area (Å²) >= 11 is 0. The first kappa shape index (κ1) is 13.8. The van der Waals surface area contributed by atoms with Gasteiger partial charge in [-0.3, -0.25) is 0 Å². The Bertz CT molecular complexity index is 674. The van der Waals surface area contributed by atoms with E-state index in [0.717, 1.165) is 11.1 Å². The zero-order valence-electron chi connectivity index (χ0n) is 11.2. The highest BCUT2D eigenvalue weighted by Crippen LogP contribution is 2.29. The van der Waals surface area contributed by atoms with E-state index in [4.69, 9.17) is 4.74 Å². The van der Waals surface area contributed by atoms with Gasteiger partial charge in [-0.2, -0.15) is 0 Å². The fraction of sp³-hybridized carbons (Fsp3) is 0.125. The van der Waals surface area contributed by atoms with Crippen molar-refractivity contribution in [3.63, 3.8) is 0 Å². The van der Waals surface area contributed by atoms with Crippen LogP contribution in [0.5, 0.6) is 0 Å². The molecule has 1 N–H and O–H groups in total. The van der Waals surface area contributed by atoms with E-state index in [-0.39, 0.29) is 11.1 Å². The third-order valence-corrected chi connectivity index (χ3v) is 3.12. The van der Waals surface area contributed by atoms with Gasteiger partial charge >= 0.3 is 11.9 Å². The van der Waals surface area contributed by atoms with E-state index >= 15 is 0 Å². The van der Waals surface area contributed by atoms with E-state index in [0.29, 0.717) is 5.56 Å². The molecule has 0 aliphatic rings. The second kappa shape index (κ2) is 5.57. The second-order valence-corrected chi connectivity index (χ2v) is 4.34. The van der Waals surface area contributed by atoms with Gasteiger partial charge in [-0.15, -0.1) is 0 Å². The molecule has 4 heteroatoms. The molecule has 0 fully saturated rings. The van der Waals surface area contributed by atoms with Gasteiger partial charge in [0, 0.05) is 0 Å². The lowest BCUT2D eigenvalue weighted by atomic mass is 9.93. The van der Waals surface area contributed by atoms with Gasteiger partial charge in [0.1, 0.15) is 0 Å². The maximum absolute atomic E-state index is 12.0. The smallest absolute Gasteiger partial charge is 0.339 e. The molecule has 4 nitrogen and oxygen atoms in total.